The molecule has 3 rings (SSSR count). The van der Waals surface area contributed by atoms with Crippen LogP contribution in [0.1, 0.15) is 64.4 Å². The van der Waals surface area contributed by atoms with Crippen LogP contribution in [-0.2, 0) is 4.74 Å². The number of nitro groups is 1. The van der Waals surface area contributed by atoms with Gasteiger partial charge in [0.1, 0.15) is 5.69 Å². The Kier molecular flexibility index (Phi) is 6.94. The van der Waals surface area contributed by atoms with Crippen molar-refractivity contribution in [1.29, 1.82) is 0 Å². The molecule has 2 aliphatic rings. The standard InChI is InChI=1S/C22H35N3O3/c1-4-15-28-19-7-11-22(3,12-8-19)24-13-9-18(10-14-24)23-20-16-17(2)5-6-21(20)25(26)27/h5-6,16,18-19,23H,4,7-15H2,1-3H3/t19-,22+. The molecule has 1 aliphatic carbocycles. The Bertz CT molecular complexity index is 663. The number of hydrogen-bond donors (Lipinski definition) is 1. The molecule has 1 saturated carbocycles. The van der Waals surface area contributed by atoms with Gasteiger partial charge in [0, 0.05) is 37.3 Å². The van der Waals surface area contributed by atoms with Gasteiger partial charge in [-0.1, -0.05) is 13.0 Å². The zero-order chi connectivity index (χ0) is 20.1. The number of piperidine rings is 1. The molecule has 1 N–H and O–H groups in total. The van der Waals surface area contributed by atoms with Crippen LogP contribution in [0.4, 0.5) is 11.4 Å². The van der Waals surface area contributed by atoms with Crippen LogP contribution < -0.4 is 5.32 Å². The molecule has 0 aromatic heterocycles. The van der Waals surface area contributed by atoms with Crippen LogP contribution in [0.15, 0.2) is 18.2 Å². The molecule has 1 aromatic carbocycles. The molecule has 1 saturated heterocycles. The average molecular weight is 390 g/mol. The van der Waals surface area contributed by atoms with Crippen molar-refractivity contribution in [3.8, 4) is 0 Å². The van der Waals surface area contributed by atoms with E-state index in [1.54, 1.807) is 12.1 Å². The number of benzene rings is 1. The lowest BCUT2D eigenvalue weighted by Crippen LogP contribution is -2.53. The summed E-state index contributed by atoms with van der Waals surface area (Å²) in [6, 6.07) is 5.59. The van der Waals surface area contributed by atoms with Gasteiger partial charge in [-0.2, -0.15) is 0 Å². The third-order valence-corrected chi connectivity index (χ3v) is 6.53. The predicted molar refractivity (Wildman–Crippen MR) is 113 cm³/mol. The molecule has 0 radical (unpaired) electrons. The van der Waals surface area contributed by atoms with Gasteiger partial charge in [-0.25, -0.2) is 0 Å². The summed E-state index contributed by atoms with van der Waals surface area (Å²) in [6.07, 6.45) is 8.29. The number of likely N-dealkylation sites (tertiary alicyclic amines) is 1. The van der Waals surface area contributed by atoms with E-state index in [9.17, 15) is 10.1 Å². The SMILES string of the molecule is CCCO[C@H]1CC[C@@](C)(N2CCC(Nc3cc(C)ccc3[N+](=O)[O-])CC2)CC1. The van der Waals surface area contributed by atoms with Crippen molar-refractivity contribution in [3.63, 3.8) is 0 Å². The highest BCUT2D eigenvalue weighted by atomic mass is 16.6. The van der Waals surface area contributed by atoms with E-state index in [4.69, 9.17) is 4.74 Å². The Morgan fingerprint density at radius 3 is 2.54 bits per heavy atom. The van der Waals surface area contributed by atoms with Crippen molar-refractivity contribution >= 4 is 11.4 Å². The van der Waals surface area contributed by atoms with Crippen molar-refractivity contribution in [1.82, 2.24) is 4.90 Å². The van der Waals surface area contributed by atoms with Gasteiger partial charge < -0.3 is 10.1 Å². The van der Waals surface area contributed by atoms with Crippen molar-refractivity contribution < 1.29 is 9.66 Å². The lowest BCUT2D eigenvalue weighted by atomic mass is 9.79. The summed E-state index contributed by atoms with van der Waals surface area (Å²) in [7, 11) is 0. The number of aryl methyl sites for hydroxylation is 1. The van der Waals surface area contributed by atoms with Gasteiger partial charge in [0.05, 0.1) is 11.0 Å². The van der Waals surface area contributed by atoms with Gasteiger partial charge in [-0.3, -0.25) is 15.0 Å². The molecule has 1 heterocycles. The molecule has 2 fully saturated rings. The number of anilines is 1. The molecule has 0 unspecified atom stereocenters. The maximum atomic E-state index is 11.3. The number of nitrogens with zero attached hydrogens (tertiary/aromatic N) is 2. The van der Waals surface area contributed by atoms with Crippen LogP contribution in [0.25, 0.3) is 0 Å². The van der Waals surface area contributed by atoms with Crippen molar-refractivity contribution in [2.45, 2.75) is 83.4 Å². The lowest BCUT2D eigenvalue weighted by Gasteiger charge is -2.48. The molecule has 6 heteroatoms. The minimum atomic E-state index is -0.295. The van der Waals surface area contributed by atoms with Crippen molar-refractivity contribution in [2.24, 2.45) is 0 Å². The fourth-order valence-electron chi connectivity index (χ4n) is 4.69. The maximum Gasteiger partial charge on any atom is 0.292 e. The largest absolute Gasteiger partial charge is 0.378 e. The molecular formula is C22H35N3O3. The number of nitrogens with one attached hydrogen (secondary N) is 1. The Morgan fingerprint density at radius 2 is 1.93 bits per heavy atom. The summed E-state index contributed by atoms with van der Waals surface area (Å²) in [5.74, 6) is 0. The first-order valence-electron chi connectivity index (χ1n) is 10.8. The summed E-state index contributed by atoms with van der Waals surface area (Å²) in [6.45, 7) is 9.52. The van der Waals surface area contributed by atoms with Gasteiger partial charge in [0.15, 0.2) is 0 Å². The fraction of sp³-hybridized carbons (Fsp3) is 0.727. The number of hydrogen-bond acceptors (Lipinski definition) is 5. The summed E-state index contributed by atoms with van der Waals surface area (Å²) in [4.78, 5) is 13.7. The van der Waals surface area contributed by atoms with Gasteiger partial charge in [-0.05, 0) is 70.4 Å². The molecule has 0 amide bonds. The van der Waals surface area contributed by atoms with Crippen LogP contribution in [0.5, 0.6) is 0 Å². The van der Waals surface area contributed by atoms with Crippen LogP contribution >= 0.6 is 0 Å². The Hall–Kier alpha value is -1.66. The predicted octanol–water partition coefficient (Wildman–Crippen LogP) is 4.91. The summed E-state index contributed by atoms with van der Waals surface area (Å²) in [5.41, 5.74) is 2.14. The molecule has 1 aliphatic heterocycles. The van der Waals surface area contributed by atoms with Gasteiger partial charge in [-0.15, -0.1) is 0 Å². The lowest BCUT2D eigenvalue weighted by molar-refractivity contribution is -0.384. The first-order chi connectivity index (χ1) is 13.4. The number of rotatable bonds is 7. The molecule has 28 heavy (non-hydrogen) atoms. The van der Waals surface area contributed by atoms with E-state index in [2.05, 4.69) is 24.1 Å². The van der Waals surface area contributed by atoms with E-state index in [-0.39, 0.29) is 16.1 Å². The van der Waals surface area contributed by atoms with Gasteiger partial charge >= 0.3 is 0 Å². The van der Waals surface area contributed by atoms with E-state index in [0.717, 1.165) is 57.4 Å². The van der Waals surface area contributed by atoms with Gasteiger partial charge in [0.2, 0.25) is 0 Å². The average Bonchev–Trinajstić information content (AvgIpc) is 2.68. The Labute approximate surface area is 168 Å². The molecule has 6 nitrogen and oxygen atoms in total. The van der Waals surface area contributed by atoms with E-state index < -0.39 is 0 Å². The van der Waals surface area contributed by atoms with Crippen LogP contribution in [0, 0.1) is 17.0 Å². The highest BCUT2D eigenvalue weighted by molar-refractivity contribution is 5.63. The molecule has 1 aromatic rings. The first-order valence-corrected chi connectivity index (χ1v) is 10.8. The second-order valence-electron chi connectivity index (χ2n) is 8.75. The van der Waals surface area contributed by atoms with Crippen LogP contribution in [0.3, 0.4) is 0 Å². The molecular weight excluding hydrogens is 354 g/mol. The maximum absolute atomic E-state index is 11.3. The minimum Gasteiger partial charge on any atom is -0.378 e. The van der Waals surface area contributed by atoms with Crippen LogP contribution in [-0.4, -0.2) is 47.2 Å². The summed E-state index contributed by atoms with van der Waals surface area (Å²) >= 11 is 0. The van der Waals surface area contributed by atoms with Crippen molar-refractivity contribution in [2.75, 3.05) is 25.0 Å². The third-order valence-electron chi connectivity index (χ3n) is 6.53. The Balaban J connectivity index is 1.53. The third kappa shape index (κ3) is 5.03. The number of nitro benzene ring substituents is 1. The van der Waals surface area contributed by atoms with Crippen molar-refractivity contribution in [3.05, 3.63) is 33.9 Å². The van der Waals surface area contributed by atoms with Crippen LogP contribution in [0.2, 0.25) is 0 Å². The van der Waals surface area contributed by atoms with E-state index >= 15 is 0 Å². The first kappa shape index (κ1) is 21.1. The molecule has 0 atom stereocenters. The van der Waals surface area contributed by atoms with E-state index in [1.807, 2.05) is 13.0 Å². The molecule has 0 spiro atoms. The van der Waals surface area contributed by atoms with Gasteiger partial charge in [0.25, 0.3) is 5.69 Å². The fourth-order valence-corrected chi connectivity index (χ4v) is 4.69. The zero-order valence-electron chi connectivity index (χ0n) is 17.6. The quantitative estimate of drug-likeness (QED) is 0.530. The van der Waals surface area contributed by atoms with E-state index in [1.165, 1.54) is 12.8 Å². The smallest absolute Gasteiger partial charge is 0.292 e. The molecule has 156 valence electrons. The summed E-state index contributed by atoms with van der Waals surface area (Å²) < 4.78 is 5.95. The second kappa shape index (κ2) is 9.23. The minimum absolute atomic E-state index is 0.172. The highest BCUT2D eigenvalue weighted by Gasteiger charge is 2.38. The molecule has 0 bridgehead atoms. The monoisotopic (exact) mass is 389 g/mol. The second-order valence-corrected chi connectivity index (χ2v) is 8.75. The van der Waals surface area contributed by atoms with E-state index in [0.29, 0.717) is 17.8 Å². The zero-order valence-corrected chi connectivity index (χ0v) is 17.6. The normalized spacial score (nSPS) is 26.9. The topological polar surface area (TPSA) is 67.6 Å². The highest BCUT2D eigenvalue weighted by Crippen LogP contribution is 2.37. The summed E-state index contributed by atoms with van der Waals surface area (Å²) in [5, 5.41) is 14.8. The Morgan fingerprint density at radius 1 is 1.25 bits per heavy atom. The number of ether oxygens (including phenoxy) is 1.